The summed E-state index contributed by atoms with van der Waals surface area (Å²) in [5, 5.41) is 9.04. The van der Waals surface area contributed by atoms with E-state index in [0.717, 1.165) is 0 Å². The van der Waals surface area contributed by atoms with Gasteiger partial charge in [0, 0.05) is 6.54 Å². The van der Waals surface area contributed by atoms with E-state index in [1.54, 1.807) is 0 Å². The van der Waals surface area contributed by atoms with Crippen LogP contribution in [0, 0.1) is 6.92 Å². The zero-order valence-corrected chi connectivity index (χ0v) is 9.14. The van der Waals surface area contributed by atoms with Gasteiger partial charge in [-0.3, -0.25) is 9.36 Å². The maximum Gasteiger partial charge on any atom is 0.340 e. The predicted molar refractivity (Wildman–Crippen MR) is 60.2 cm³/mol. The third-order valence-corrected chi connectivity index (χ3v) is 2.39. The van der Waals surface area contributed by atoms with Gasteiger partial charge in [-0.05, 0) is 6.92 Å². The molecule has 0 aliphatic carbocycles. The predicted octanol–water partition coefficient (Wildman–Crippen LogP) is 1.18. The largest absolute Gasteiger partial charge is 0.478 e. The molecule has 88 valence electrons. The van der Waals surface area contributed by atoms with Gasteiger partial charge in [0.15, 0.2) is 0 Å². The zero-order valence-electron chi connectivity index (χ0n) is 9.14. The van der Waals surface area contributed by atoms with Crippen molar-refractivity contribution in [3.05, 3.63) is 40.7 Å². The number of hydrogen-bond acceptors (Lipinski definition) is 4. The molecule has 0 saturated carbocycles. The van der Waals surface area contributed by atoms with Crippen LogP contribution in [0.2, 0.25) is 0 Å². The molecule has 2 rings (SSSR count). The number of rotatable bonds is 3. The number of fused-ring (bicyclic) bond motifs is 1. The van der Waals surface area contributed by atoms with Crippen LogP contribution in [0.4, 0.5) is 0 Å². The van der Waals surface area contributed by atoms with Gasteiger partial charge in [0.2, 0.25) is 5.71 Å². The summed E-state index contributed by atoms with van der Waals surface area (Å²) >= 11 is 0. The number of carboxylic acid groups (broad SMARTS) is 1. The van der Waals surface area contributed by atoms with Gasteiger partial charge in [-0.1, -0.05) is 6.08 Å². The van der Waals surface area contributed by atoms with E-state index in [2.05, 4.69) is 11.6 Å². The quantitative estimate of drug-likeness (QED) is 0.806. The summed E-state index contributed by atoms with van der Waals surface area (Å²) in [7, 11) is 0. The van der Waals surface area contributed by atoms with Crippen molar-refractivity contribution in [3.63, 3.8) is 0 Å². The molecule has 0 amide bonds. The molecule has 0 radical (unpaired) electrons. The van der Waals surface area contributed by atoms with Gasteiger partial charge in [0.25, 0.3) is 5.56 Å². The Labute approximate surface area is 95.8 Å². The highest BCUT2D eigenvalue weighted by molar-refractivity contribution is 6.02. The smallest absolute Gasteiger partial charge is 0.340 e. The standard InChI is InChI=1S/C11H10N2O4/c1-3-4-13-5-12-9-8(10(13)14)7(11(15)16)6(2)17-9/h3,5H,1,4H2,2H3,(H,15,16). The minimum Gasteiger partial charge on any atom is -0.478 e. The first-order chi connectivity index (χ1) is 8.06. The number of carbonyl (C=O) groups is 1. The van der Waals surface area contributed by atoms with E-state index in [0.29, 0.717) is 0 Å². The molecule has 0 fully saturated rings. The Balaban J connectivity index is 2.87. The Bertz CT molecular complexity index is 666. The fraction of sp³-hybridized carbons (Fsp3) is 0.182. The fourth-order valence-electron chi connectivity index (χ4n) is 1.66. The van der Waals surface area contributed by atoms with E-state index in [1.165, 1.54) is 23.9 Å². The van der Waals surface area contributed by atoms with Gasteiger partial charge in [-0.2, -0.15) is 0 Å². The van der Waals surface area contributed by atoms with Gasteiger partial charge < -0.3 is 9.52 Å². The summed E-state index contributed by atoms with van der Waals surface area (Å²) in [6.45, 7) is 5.27. The molecule has 6 nitrogen and oxygen atoms in total. The van der Waals surface area contributed by atoms with Crippen molar-refractivity contribution < 1.29 is 14.3 Å². The molecular formula is C11H10N2O4. The third-order valence-electron chi connectivity index (χ3n) is 2.39. The highest BCUT2D eigenvalue weighted by atomic mass is 16.4. The molecule has 0 saturated heterocycles. The lowest BCUT2D eigenvalue weighted by Crippen LogP contribution is -2.20. The summed E-state index contributed by atoms with van der Waals surface area (Å²) in [5.41, 5.74) is -0.523. The second-order valence-electron chi connectivity index (χ2n) is 3.51. The number of hydrogen-bond donors (Lipinski definition) is 1. The van der Waals surface area contributed by atoms with Crippen molar-refractivity contribution in [2.24, 2.45) is 0 Å². The second kappa shape index (κ2) is 3.89. The number of aryl methyl sites for hydroxylation is 1. The highest BCUT2D eigenvalue weighted by Gasteiger charge is 2.21. The molecule has 0 aliphatic rings. The molecule has 0 bridgehead atoms. The molecule has 2 heterocycles. The van der Waals surface area contributed by atoms with Crippen LogP contribution in [0.1, 0.15) is 16.1 Å². The van der Waals surface area contributed by atoms with Gasteiger partial charge in [-0.25, -0.2) is 9.78 Å². The molecule has 0 unspecified atom stereocenters. The lowest BCUT2D eigenvalue weighted by Gasteiger charge is -1.99. The van der Waals surface area contributed by atoms with Crippen LogP contribution in [0.15, 0.2) is 28.2 Å². The van der Waals surface area contributed by atoms with Gasteiger partial charge >= 0.3 is 5.97 Å². The van der Waals surface area contributed by atoms with Gasteiger partial charge in [0.05, 0.1) is 0 Å². The maximum absolute atomic E-state index is 12.0. The Kier molecular flexibility index (Phi) is 2.55. The number of furan rings is 1. The van der Waals surface area contributed by atoms with Crippen molar-refractivity contribution in [1.82, 2.24) is 9.55 Å². The Morgan fingerprint density at radius 2 is 2.41 bits per heavy atom. The average Bonchev–Trinajstić information content (AvgIpc) is 2.60. The van der Waals surface area contributed by atoms with E-state index in [1.807, 2.05) is 0 Å². The van der Waals surface area contributed by atoms with Crippen LogP contribution in [-0.2, 0) is 6.54 Å². The first kappa shape index (κ1) is 11.1. The van der Waals surface area contributed by atoms with Crippen LogP contribution in [0.25, 0.3) is 11.1 Å². The van der Waals surface area contributed by atoms with E-state index >= 15 is 0 Å². The maximum atomic E-state index is 12.0. The molecule has 2 aromatic rings. The minimum atomic E-state index is -1.20. The van der Waals surface area contributed by atoms with Crippen LogP contribution in [0.3, 0.4) is 0 Å². The second-order valence-corrected chi connectivity index (χ2v) is 3.51. The van der Waals surface area contributed by atoms with Gasteiger partial charge in [-0.15, -0.1) is 6.58 Å². The lowest BCUT2D eigenvalue weighted by molar-refractivity contribution is 0.0697. The van der Waals surface area contributed by atoms with Crippen LogP contribution < -0.4 is 5.56 Å². The fourth-order valence-corrected chi connectivity index (χ4v) is 1.66. The molecule has 2 aromatic heterocycles. The van der Waals surface area contributed by atoms with Crippen molar-refractivity contribution in [2.75, 3.05) is 0 Å². The monoisotopic (exact) mass is 234 g/mol. The molecule has 6 heteroatoms. The summed E-state index contributed by atoms with van der Waals surface area (Å²) < 4.78 is 6.42. The molecule has 1 N–H and O–H groups in total. The Hall–Kier alpha value is -2.37. The van der Waals surface area contributed by atoms with Crippen molar-refractivity contribution in [3.8, 4) is 0 Å². The normalized spacial score (nSPS) is 10.6. The molecule has 0 atom stereocenters. The number of allylic oxidation sites excluding steroid dienone is 1. The summed E-state index contributed by atoms with van der Waals surface area (Å²) in [6, 6.07) is 0. The lowest BCUT2D eigenvalue weighted by atomic mass is 10.2. The van der Waals surface area contributed by atoms with Gasteiger partial charge in [0.1, 0.15) is 23.0 Å². The van der Waals surface area contributed by atoms with Crippen LogP contribution in [0.5, 0.6) is 0 Å². The molecule has 0 aliphatic heterocycles. The first-order valence-electron chi connectivity index (χ1n) is 4.89. The minimum absolute atomic E-state index is 0.000602. The molecule has 17 heavy (non-hydrogen) atoms. The molecule has 0 aromatic carbocycles. The van der Waals surface area contributed by atoms with Crippen LogP contribution in [-0.4, -0.2) is 20.6 Å². The van der Waals surface area contributed by atoms with E-state index in [4.69, 9.17) is 9.52 Å². The van der Waals surface area contributed by atoms with E-state index < -0.39 is 11.5 Å². The number of aromatic carboxylic acids is 1. The van der Waals surface area contributed by atoms with Crippen molar-refractivity contribution in [1.29, 1.82) is 0 Å². The number of aromatic nitrogens is 2. The first-order valence-corrected chi connectivity index (χ1v) is 4.89. The van der Waals surface area contributed by atoms with E-state index in [-0.39, 0.29) is 29.0 Å². The summed E-state index contributed by atoms with van der Waals surface area (Å²) in [6.07, 6.45) is 2.84. The van der Waals surface area contributed by atoms with E-state index in [9.17, 15) is 9.59 Å². The topological polar surface area (TPSA) is 85.3 Å². The van der Waals surface area contributed by atoms with Crippen molar-refractivity contribution in [2.45, 2.75) is 13.5 Å². The van der Waals surface area contributed by atoms with Crippen molar-refractivity contribution >= 4 is 17.1 Å². The Morgan fingerprint density at radius 1 is 1.71 bits per heavy atom. The molecular weight excluding hydrogens is 224 g/mol. The SMILES string of the molecule is C=CCn1cnc2oc(C)c(C(=O)O)c2c1=O. The van der Waals surface area contributed by atoms with Crippen LogP contribution >= 0.6 is 0 Å². The number of nitrogens with zero attached hydrogens (tertiary/aromatic N) is 2. The average molecular weight is 234 g/mol. The number of carboxylic acids is 1. The summed E-state index contributed by atoms with van der Waals surface area (Å²) in [4.78, 5) is 27.0. The molecule has 0 spiro atoms. The highest BCUT2D eigenvalue weighted by Crippen LogP contribution is 2.20. The third kappa shape index (κ3) is 1.63. The Morgan fingerprint density at radius 3 is 3.00 bits per heavy atom. The summed E-state index contributed by atoms with van der Waals surface area (Å²) in [5.74, 6) is -1.02. The zero-order chi connectivity index (χ0) is 12.6.